The number of pyridine rings is 1. The molecule has 3 aromatic heterocycles. The first kappa shape index (κ1) is 32.9. The summed E-state index contributed by atoms with van der Waals surface area (Å²) in [5.74, 6) is -1.29. The van der Waals surface area contributed by atoms with Crippen LogP contribution in [0.4, 0.5) is 36.3 Å². The Labute approximate surface area is 262 Å². The minimum absolute atomic E-state index is 0.0146. The zero-order chi connectivity index (χ0) is 33.1. The van der Waals surface area contributed by atoms with Gasteiger partial charge in [0.25, 0.3) is 5.91 Å². The second-order valence-electron chi connectivity index (χ2n) is 10.4. The average Bonchev–Trinajstić information content (AvgIpc) is 3.48. The van der Waals surface area contributed by atoms with Gasteiger partial charge >= 0.3 is 13.8 Å². The monoisotopic (exact) mass is 660 g/mol. The number of nitrogens with zero attached hydrogens (tertiary/aromatic N) is 5. The molecule has 13 nitrogen and oxygen atoms in total. The van der Waals surface area contributed by atoms with Crippen molar-refractivity contribution in [2.45, 2.75) is 32.7 Å². The van der Waals surface area contributed by atoms with Gasteiger partial charge in [-0.15, -0.1) is 0 Å². The molecule has 1 aromatic carbocycles. The van der Waals surface area contributed by atoms with Crippen molar-refractivity contribution in [3.63, 3.8) is 0 Å². The molecule has 8 bridgehead atoms. The zero-order valence-corrected chi connectivity index (χ0v) is 26.3. The van der Waals surface area contributed by atoms with Crippen molar-refractivity contribution in [3.05, 3.63) is 65.7 Å². The van der Waals surface area contributed by atoms with E-state index in [1.165, 1.54) is 20.2 Å². The molecule has 0 aliphatic carbocycles. The first-order chi connectivity index (χ1) is 21.9. The van der Waals surface area contributed by atoms with E-state index in [1.54, 1.807) is 48.3 Å². The number of methoxy groups -OCH3 is 1. The lowest BCUT2D eigenvalue weighted by Gasteiger charge is -2.21. The van der Waals surface area contributed by atoms with Crippen molar-refractivity contribution in [2.75, 3.05) is 38.0 Å². The van der Waals surface area contributed by atoms with Gasteiger partial charge in [-0.05, 0) is 42.7 Å². The van der Waals surface area contributed by atoms with E-state index in [9.17, 15) is 22.5 Å². The highest BCUT2D eigenvalue weighted by Crippen LogP contribution is 2.52. The van der Waals surface area contributed by atoms with Gasteiger partial charge in [0.2, 0.25) is 5.95 Å². The third-order valence-corrected chi connectivity index (χ3v) is 8.83. The summed E-state index contributed by atoms with van der Waals surface area (Å²) < 4.78 is 74.5. The van der Waals surface area contributed by atoms with Crippen LogP contribution in [-0.2, 0) is 32.5 Å². The van der Waals surface area contributed by atoms with Crippen LogP contribution >= 0.6 is 7.60 Å². The van der Waals surface area contributed by atoms with Crippen molar-refractivity contribution < 1.29 is 36.3 Å². The molecule has 1 unspecified atom stereocenters. The van der Waals surface area contributed by atoms with Gasteiger partial charge in [-0.25, -0.2) is 9.97 Å². The third-order valence-electron chi connectivity index (χ3n) is 6.88. The van der Waals surface area contributed by atoms with Crippen molar-refractivity contribution >= 4 is 36.6 Å². The number of ether oxygens (including phenoxy) is 1. The van der Waals surface area contributed by atoms with Crippen LogP contribution in [0.2, 0.25) is 0 Å². The number of aromatic nitrogens is 5. The maximum atomic E-state index is 14.1. The molecule has 0 radical (unpaired) electrons. The maximum Gasteiger partial charge on any atom is 0.421 e. The van der Waals surface area contributed by atoms with Gasteiger partial charge in [-0.1, -0.05) is 13.0 Å². The number of amides is 1. The molecule has 7 heterocycles. The normalized spacial score (nSPS) is 18.5. The Morgan fingerprint density at radius 2 is 1.96 bits per heavy atom. The number of rotatable bonds is 4. The zero-order valence-electron chi connectivity index (χ0n) is 25.4. The number of hydrogen-bond acceptors (Lipinski definition) is 11. The molecule has 46 heavy (non-hydrogen) atoms. The molecule has 0 saturated carbocycles. The third kappa shape index (κ3) is 7.46. The lowest BCUT2D eigenvalue weighted by Crippen LogP contribution is -2.21. The molecular weight excluding hydrogens is 628 g/mol. The fourth-order valence-corrected chi connectivity index (χ4v) is 6.48. The molecule has 4 aliphatic rings. The van der Waals surface area contributed by atoms with Crippen molar-refractivity contribution in [1.82, 2.24) is 30.0 Å². The van der Waals surface area contributed by atoms with E-state index in [1.807, 2.05) is 6.92 Å². The number of halogens is 3. The van der Waals surface area contributed by atoms with Gasteiger partial charge in [0, 0.05) is 31.5 Å². The standard InChI is InChI=1S/C29H32F3N8O5P/c1-5-44-46(42)16-18-6-7-22(24(10-18)43-4)38-28-34-12-20(29(30,31)32)26(39-28)37-23-9-8-21(36-25(23)27(41)33-3)19-11-35-40(14-19)13-17(2)15-45-46/h6-12,14,17H,5,13,15-16H2,1-4H3,(H,33,41)(H2,34,37,38,39)/t17-,46?/m1/s1. The van der Waals surface area contributed by atoms with Crippen LogP contribution in [0.3, 0.4) is 0 Å². The van der Waals surface area contributed by atoms with Crippen LogP contribution in [0, 0.1) is 5.92 Å². The summed E-state index contributed by atoms with van der Waals surface area (Å²) in [6.45, 7) is 4.32. The lowest BCUT2D eigenvalue weighted by atomic mass is 10.1. The lowest BCUT2D eigenvalue weighted by molar-refractivity contribution is -0.137. The van der Waals surface area contributed by atoms with E-state index in [-0.39, 0.29) is 48.4 Å². The molecule has 3 N–H and O–H groups in total. The highest BCUT2D eigenvalue weighted by atomic mass is 31.2. The fraction of sp³-hybridized carbons (Fsp3) is 0.345. The van der Waals surface area contributed by atoms with Crippen molar-refractivity contribution in [2.24, 2.45) is 5.92 Å². The van der Waals surface area contributed by atoms with Gasteiger partial charge in [-0.2, -0.15) is 23.3 Å². The van der Waals surface area contributed by atoms with Crippen LogP contribution in [0.1, 0.15) is 35.5 Å². The van der Waals surface area contributed by atoms with Gasteiger partial charge < -0.3 is 29.7 Å². The molecule has 244 valence electrons. The Hall–Kier alpha value is -4.53. The predicted octanol–water partition coefficient (Wildman–Crippen LogP) is 6.01. The first-order valence-electron chi connectivity index (χ1n) is 14.2. The van der Waals surface area contributed by atoms with Gasteiger partial charge in [0.15, 0.2) is 5.69 Å². The number of carbonyl (C=O) groups excluding carboxylic acids is 1. The van der Waals surface area contributed by atoms with Crippen LogP contribution in [0.25, 0.3) is 11.3 Å². The average molecular weight is 661 g/mol. The Morgan fingerprint density at radius 3 is 2.67 bits per heavy atom. The van der Waals surface area contributed by atoms with E-state index in [2.05, 4.69) is 36.0 Å². The van der Waals surface area contributed by atoms with Crippen LogP contribution in [0.5, 0.6) is 5.75 Å². The summed E-state index contributed by atoms with van der Waals surface area (Å²) in [5.41, 5.74) is 0.491. The second-order valence-corrected chi connectivity index (χ2v) is 12.5. The Kier molecular flexibility index (Phi) is 9.60. The van der Waals surface area contributed by atoms with E-state index >= 15 is 0 Å². The molecule has 17 heteroatoms. The van der Waals surface area contributed by atoms with Crippen molar-refractivity contribution in [3.8, 4) is 17.0 Å². The van der Waals surface area contributed by atoms with E-state index < -0.39 is 31.1 Å². The largest absolute Gasteiger partial charge is 0.495 e. The summed E-state index contributed by atoms with van der Waals surface area (Å²) in [4.78, 5) is 25.3. The number of alkyl halides is 3. The molecule has 4 aromatic rings. The van der Waals surface area contributed by atoms with Crippen LogP contribution in [0.15, 0.2) is 48.9 Å². The van der Waals surface area contributed by atoms with Crippen molar-refractivity contribution in [1.29, 1.82) is 0 Å². The minimum atomic E-state index is -4.83. The van der Waals surface area contributed by atoms with Crippen LogP contribution < -0.4 is 20.7 Å². The summed E-state index contributed by atoms with van der Waals surface area (Å²) in [5, 5.41) is 12.4. The molecule has 2 atom stereocenters. The Balaban J connectivity index is 1.64. The molecular formula is C29H32F3N8O5P. The van der Waals surface area contributed by atoms with E-state index in [0.717, 1.165) is 0 Å². The predicted molar refractivity (Wildman–Crippen MR) is 163 cm³/mol. The Morgan fingerprint density at radius 1 is 1.17 bits per heavy atom. The van der Waals surface area contributed by atoms with Crippen LogP contribution in [-0.4, -0.2) is 58.0 Å². The summed E-state index contributed by atoms with van der Waals surface area (Å²) in [7, 11) is -0.795. The summed E-state index contributed by atoms with van der Waals surface area (Å²) >= 11 is 0. The Bertz CT molecular complexity index is 1780. The fourth-order valence-electron chi connectivity index (χ4n) is 4.70. The molecule has 1 amide bonds. The number of nitrogens with one attached hydrogen (secondary N) is 3. The highest BCUT2D eigenvalue weighted by Gasteiger charge is 2.36. The van der Waals surface area contributed by atoms with Gasteiger partial charge in [0.1, 0.15) is 17.1 Å². The smallest absolute Gasteiger partial charge is 0.421 e. The summed E-state index contributed by atoms with van der Waals surface area (Å²) in [6, 6.07) is 7.85. The highest BCUT2D eigenvalue weighted by molar-refractivity contribution is 7.53. The van der Waals surface area contributed by atoms with E-state index in [0.29, 0.717) is 35.2 Å². The number of carbonyl (C=O) groups is 1. The molecule has 0 spiro atoms. The van der Waals surface area contributed by atoms with E-state index in [4.69, 9.17) is 13.8 Å². The molecule has 0 saturated heterocycles. The minimum Gasteiger partial charge on any atom is -0.495 e. The quantitative estimate of drug-likeness (QED) is 0.221. The van der Waals surface area contributed by atoms with Gasteiger partial charge in [0.05, 0.1) is 49.8 Å². The number of anilines is 4. The number of benzene rings is 1. The molecule has 0 fully saturated rings. The second kappa shape index (κ2) is 13.4. The SMILES string of the molecule is CCOP1(=O)Cc2ccc(c(OC)c2)Nc2ncc(C(F)(F)F)c(n2)Nc2ccc(nc2C(=O)NC)-c2cnn(c2)C[C@@H](C)CO1. The maximum absolute atomic E-state index is 14.1. The van der Waals surface area contributed by atoms with Gasteiger partial charge in [-0.3, -0.25) is 14.0 Å². The number of hydrogen-bond donors (Lipinski definition) is 3. The first-order valence-corrected chi connectivity index (χ1v) is 15.9. The molecule has 4 aliphatic heterocycles. The molecule has 8 rings (SSSR count). The summed E-state index contributed by atoms with van der Waals surface area (Å²) in [6.07, 6.45) is -0.975. The topological polar surface area (TPSA) is 154 Å².